The van der Waals surface area contributed by atoms with E-state index in [1.807, 2.05) is 12.1 Å². The molecule has 0 spiro atoms. The minimum Gasteiger partial charge on any atom is -0.495 e. The molecule has 0 aliphatic carbocycles. The summed E-state index contributed by atoms with van der Waals surface area (Å²) in [6.07, 6.45) is 0. The van der Waals surface area contributed by atoms with E-state index in [9.17, 15) is 4.21 Å². The van der Waals surface area contributed by atoms with E-state index in [1.165, 1.54) is 0 Å². The van der Waals surface area contributed by atoms with Gasteiger partial charge in [-0.25, -0.2) is 0 Å². The molecule has 0 saturated heterocycles. The average molecular weight is 296 g/mol. The Labute approximate surface area is 119 Å². The van der Waals surface area contributed by atoms with Gasteiger partial charge in [-0.05, 0) is 35.9 Å². The fourth-order valence-electron chi connectivity index (χ4n) is 1.73. The quantitative estimate of drug-likeness (QED) is 0.881. The molecule has 0 heterocycles. The maximum atomic E-state index is 12.4. The largest absolute Gasteiger partial charge is 0.495 e. The van der Waals surface area contributed by atoms with Crippen molar-refractivity contribution in [1.82, 2.24) is 0 Å². The molecular formula is C14H14ClNO2S. The lowest BCUT2D eigenvalue weighted by atomic mass is 10.2. The van der Waals surface area contributed by atoms with Crippen LogP contribution >= 0.6 is 11.6 Å². The Morgan fingerprint density at radius 3 is 2.74 bits per heavy atom. The van der Waals surface area contributed by atoms with Crippen molar-refractivity contribution in [3.05, 3.63) is 53.1 Å². The Bertz CT molecular complexity index is 616. The van der Waals surface area contributed by atoms with Gasteiger partial charge in [0.1, 0.15) is 5.75 Å². The zero-order chi connectivity index (χ0) is 13.8. The maximum absolute atomic E-state index is 12.4. The summed E-state index contributed by atoms with van der Waals surface area (Å²) in [6, 6.07) is 12.4. The number of ether oxygens (including phenoxy) is 1. The number of hydrogen-bond donors (Lipinski definition) is 1. The number of anilines is 1. The molecule has 0 aliphatic rings. The van der Waals surface area contributed by atoms with Crippen molar-refractivity contribution < 1.29 is 8.95 Å². The summed E-state index contributed by atoms with van der Waals surface area (Å²) >= 11 is 6.08. The normalized spacial score (nSPS) is 12.1. The SMILES string of the molecule is COc1ccccc1S(=O)Cc1cc(N)ccc1Cl. The monoisotopic (exact) mass is 295 g/mol. The van der Waals surface area contributed by atoms with Gasteiger partial charge >= 0.3 is 0 Å². The Morgan fingerprint density at radius 1 is 1.26 bits per heavy atom. The van der Waals surface area contributed by atoms with Crippen molar-refractivity contribution in [1.29, 1.82) is 0 Å². The molecule has 0 amide bonds. The van der Waals surface area contributed by atoms with Gasteiger partial charge in [-0.3, -0.25) is 4.21 Å². The van der Waals surface area contributed by atoms with E-state index in [4.69, 9.17) is 22.1 Å². The van der Waals surface area contributed by atoms with E-state index < -0.39 is 10.8 Å². The third-order valence-electron chi connectivity index (χ3n) is 2.67. The summed E-state index contributed by atoms with van der Waals surface area (Å²) in [5, 5.41) is 0.567. The second-order valence-corrected chi connectivity index (χ2v) is 5.82. The molecule has 0 saturated carbocycles. The van der Waals surface area contributed by atoms with Gasteiger partial charge in [0.15, 0.2) is 0 Å². The van der Waals surface area contributed by atoms with Gasteiger partial charge in [0.25, 0.3) is 0 Å². The molecule has 0 aromatic heterocycles. The summed E-state index contributed by atoms with van der Waals surface area (Å²) in [6.45, 7) is 0. The molecule has 100 valence electrons. The van der Waals surface area contributed by atoms with Gasteiger partial charge in [0.05, 0.1) is 28.6 Å². The first-order valence-electron chi connectivity index (χ1n) is 5.67. The zero-order valence-corrected chi connectivity index (χ0v) is 12.0. The summed E-state index contributed by atoms with van der Waals surface area (Å²) in [5.41, 5.74) is 7.09. The average Bonchev–Trinajstić information content (AvgIpc) is 2.42. The van der Waals surface area contributed by atoms with Crippen molar-refractivity contribution in [2.45, 2.75) is 10.6 Å². The summed E-state index contributed by atoms with van der Waals surface area (Å²) in [7, 11) is 0.330. The molecule has 2 aromatic rings. The molecule has 0 fully saturated rings. The summed E-state index contributed by atoms with van der Waals surface area (Å²) < 4.78 is 17.6. The molecule has 0 radical (unpaired) electrons. The van der Waals surface area contributed by atoms with Crippen molar-refractivity contribution in [2.24, 2.45) is 0 Å². The van der Waals surface area contributed by atoms with Crippen LogP contribution in [0.3, 0.4) is 0 Å². The molecule has 2 N–H and O–H groups in total. The van der Waals surface area contributed by atoms with E-state index in [0.717, 1.165) is 5.56 Å². The first kappa shape index (κ1) is 13.9. The van der Waals surface area contributed by atoms with Crippen LogP contribution in [-0.4, -0.2) is 11.3 Å². The molecule has 19 heavy (non-hydrogen) atoms. The van der Waals surface area contributed by atoms with Crippen LogP contribution in [0.2, 0.25) is 5.02 Å². The van der Waals surface area contributed by atoms with Crippen LogP contribution in [-0.2, 0) is 16.6 Å². The molecular weight excluding hydrogens is 282 g/mol. The molecule has 3 nitrogen and oxygen atoms in total. The van der Waals surface area contributed by atoms with Crippen LogP contribution in [0.1, 0.15) is 5.56 Å². The predicted molar refractivity (Wildman–Crippen MR) is 79.0 cm³/mol. The van der Waals surface area contributed by atoms with Gasteiger partial charge in [0, 0.05) is 10.7 Å². The fourth-order valence-corrected chi connectivity index (χ4v) is 3.28. The number of benzene rings is 2. The lowest BCUT2D eigenvalue weighted by Gasteiger charge is -2.09. The van der Waals surface area contributed by atoms with Gasteiger partial charge in [-0.2, -0.15) is 0 Å². The minimum atomic E-state index is -1.23. The standard InChI is InChI=1S/C14H14ClNO2S/c1-18-13-4-2-3-5-14(13)19(17)9-10-8-11(16)6-7-12(10)15/h2-8H,9,16H2,1H3. The van der Waals surface area contributed by atoms with Gasteiger partial charge in [-0.1, -0.05) is 23.7 Å². The van der Waals surface area contributed by atoms with E-state index in [2.05, 4.69) is 0 Å². The highest BCUT2D eigenvalue weighted by molar-refractivity contribution is 7.84. The van der Waals surface area contributed by atoms with Crippen LogP contribution < -0.4 is 10.5 Å². The summed E-state index contributed by atoms with van der Waals surface area (Å²) in [4.78, 5) is 0.656. The number of para-hydroxylation sites is 1. The first-order valence-corrected chi connectivity index (χ1v) is 7.37. The topological polar surface area (TPSA) is 52.3 Å². The van der Waals surface area contributed by atoms with Gasteiger partial charge in [-0.15, -0.1) is 0 Å². The number of rotatable bonds is 4. The molecule has 0 aliphatic heterocycles. The molecule has 1 atom stereocenters. The van der Waals surface area contributed by atoms with Crippen molar-refractivity contribution in [2.75, 3.05) is 12.8 Å². The molecule has 2 rings (SSSR count). The highest BCUT2D eigenvalue weighted by Crippen LogP contribution is 2.26. The van der Waals surface area contributed by atoms with Crippen molar-refractivity contribution in [3.63, 3.8) is 0 Å². The lowest BCUT2D eigenvalue weighted by Crippen LogP contribution is -2.00. The second-order valence-electron chi connectivity index (χ2n) is 3.99. The fraction of sp³-hybridized carbons (Fsp3) is 0.143. The van der Waals surface area contributed by atoms with Crippen LogP contribution in [0.25, 0.3) is 0 Å². The van der Waals surface area contributed by atoms with Crippen molar-refractivity contribution >= 4 is 28.1 Å². The highest BCUT2D eigenvalue weighted by atomic mass is 35.5. The zero-order valence-electron chi connectivity index (χ0n) is 10.4. The number of halogens is 1. The smallest absolute Gasteiger partial charge is 0.134 e. The molecule has 5 heteroatoms. The number of methoxy groups -OCH3 is 1. The summed E-state index contributed by atoms with van der Waals surface area (Å²) in [5.74, 6) is 0.922. The Hall–Kier alpha value is -1.52. The Balaban J connectivity index is 2.28. The minimum absolute atomic E-state index is 0.310. The van der Waals surface area contributed by atoms with Crippen LogP contribution in [0, 0.1) is 0 Å². The lowest BCUT2D eigenvalue weighted by molar-refractivity contribution is 0.404. The van der Waals surface area contributed by atoms with Crippen LogP contribution in [0.4, 0.5) is 5.69 Å². The second kappa shape index (κ2) is 6.08. The predicted octanol–water partition coefficient (Wildman–Crippen LogP) is 3.24. The van der Waals surface area contributed by atoms with Crippen LogP contribution in [0.5, 0.6) is 5.75 Å². The molecule has 1 unspecified atom stereocenters. The molecule has 0 bridgehead atoms. The first-order chi connectivity index (χ1) is 9.11. The van der Waals surface area contributed by atoms with E-state index in [-0.39, 0.29) is 0 Å². The van der Waals surface area contributed by atoms with E-state index in [0.29, 0.717) is 27.1 Å². The van der Waals surface area contributed by atoms with E-state index in [1.54, 1.807) is 37.4 Å². The number of hydrogen-bond acceptors (Lipinski definition) is 3. The van der Waals surface area contributed by atoms with Gasteiger partial charge in [0.2, 0.25) is 0 Å². The van der Waals surface area contributed by atoms with E-state index >= 15 is 0 Å². The number of nitrogen functional groups attached to an aromatic ring is 1. The van der Waals surface area contributed by atoms with Crippen molar-refractivity contribution in [3.8, 4) is 5.75 Å². The Morgan fingerprint density at radius 2 is 2.00 bits per heavy atom. The third kappa shape index (κ3) is 3.28. The molecule has 2 aromatic carbocycles. The third-order valence-corrected chi connectivity index (χ3v) is 4.44. The Kier molecular flexibility index (Phi) is 4.45. The maximum Gasteiger partial charge on any atom is 0.134 e. The van der Waals surface area contributed by atoms with Gasteiger partial charge < -0.3 is 10.5 Å². The highest BCUT2D eigenvalue weighted by Gasteiger charge is 2.12. The number of nitrogens with two attached hydrogens (primary N) is 1. The van der Waals surface area contributed by atoms with Crippen LogP contribution in [0.15, 0.2) is 47.4 Å².